The fraction of sp³-hybridized carbons (Fsp3) is 0.500. The van der Waals surface area contributed by atoms with Gasteiger partial charge < -0.3 is 15.1 Å². The van der Waals surface area contributed by atoms with Crippen LogP contribution >= 0.6 is 0 Å². The number of hydroxylamine groups is 1. The average Bonchev–Trinajstić information content (AvgIpc) is 3.35. The number of H-pyrrole nitrogens is 1. The summed E-state index contributed by atoms with van der Waals surface area (Å²) in [6, 6.07) is 8.85. The van der Waals surface area contributed by atoms with E-state index in [9.17, 15) is 4.79 Å². The minimum Gasteiger partial charge on any atom is -0.413 e. The number of nitrogens with zero attached hydrogens (tertiary/aromatic N) is 2. The summed E-state index contributed by atoms with van der Waals surface area (Å²) < 4.78 is 0. The molecule has 31 heavy (non-hydrogen) atoms. The predicted molar refractivity (Wildman–Crippen MR) is 123 cm³/mol. The fourth-order valence-electron chi connectivity index (χ4n) is 4.28. The van der Waals surface area contributed by atoms with E-state index in [0.717, 1.165) is 50.3 Å². The van der Waals surface area contributed by atoms with Gasteiger partial charge in [-0.2, -0.15) is 10.6 Å². The molecule has 0 aliphatic carbocycles. The van der Waals surface area contributed by atoms with Gasteiger partial charge in [-0.25, -0.2) is 0 Å². The Balaban J connectivity index is 1.51. The Morgan fingerprint density at radius 3 is 2.74 bits per heavy atom. The van der Waals surface area contributed by atoms with Gasteiger partial charge in [0.1, 0.15) is 5.76 Å². The first-order chi connectivity index (χ1) is 15.0. The molecule has 7 nitrogen and oxygen atoms in total. The van der Waals surface area contributed by atoms with Crippen LogP contribution in [0.3, 0.4) is 0 Å². The van der Waals surface area contributed by atoms with Crippen molar-refractivity contribution in [2.75, 3.05) is 20.1 Å². The predicted octanol–water partition coefficient (Wildman–Crippen LogP) is 3.61. The molecular formula is C24H35N5O2. The first-order valence-electron chi connectivity index (χ1n) is 11.2. The second-order valence-corrected chi connectivity index (χ2v) is 8.08. The normalized spacial score (nSPS) is 16.7. The van der Waals surface area contributed by atoms with Crippen LogP contribution in [0.4, 0.5) is 0 Å². The molecule has 1 saturated heterocycles. The van der Waals surface area contributed by atoms with Gasteiger partial charge in [-0.1, -0.05) is 31.2 Å². The number of allylic oxidation sites excluding steroid dienone is 1. The Morgan fingerprint density at radius 1 is 1.32 bits per heavy atom. The van der Waals surface area contributed by atoms with E-state index in [1.54, 1.807) is 7.05 Å². The summed E-state index contributed by atoms with van der Waals surface area (Å²) in [6.07, 6.45) is 5.19. The van der Waals surface area contributed by atoms with Gasteiger partial charge in [-0.05, 0) is 50.3 Å². The third kappa shape index (κ3) is 5.95. The minimum absolute atomic E-state index is 0.134. The van der Waals surface area contributed by atoms with Crippen molar-refractivity contribution in [1.82, 2.24) is 25.9 Å². The lowest BCUT2D eigenvalue weighted by Gasteiger charge is -2.25. The second-order valence-electron chi connectivity index (χ2n) is 8.08. The number of carbonyl (C=O) groups is 1. The van der Waals surface area contributed by atoms with Gasteiger partial charge in [-0.15, -0.1) is 0 Å². The standard InChI is InChI=1S/C24H35N5O2/c1-5-7-22(31-25-4)14-23(30)29-13-6-8-21(29)16-26-15-19-9-11-20(12-10-19)24-17(2)27-28-18(24)3/h7,9-12,21,25-26H,5-6,8,13-16H2,1-4H3,(H,27,28)/b22-7-/t21-/m0/s1. The molecule has 1 aromatic carbocycles. The highest BCUT2D eigenvalue weighted by atomic mass is 16.6. The number of amides is 1. The maximum absolute atomic E-state index is 12.8. The van der Waals surface area contributed by atoms with E-state index < -0.39 is 0 Å². The fourth-order valence-corrected chi connectivity index (χ4v) is 4.28. The molecule has 3 rings (SSSR count). The van der Waals surface area contributed by atoms with Gasteiger partial charge in [-0.3, -0.25) is 9.89 Å². The van der Waals surface area contributed by atoms with Crippen molar-refractivity contribution in [2.45, 2.75) is 59.0 Å². The third-order valence-electron chi connectivity index (χ3n) is 5.77. The van der Waals surface area contributed by atoms with Crippen LogP contribution in [0.1, 0.15) is 49.6 Å². The molecular weight excluding hydrogens is 390 g/mol. The first-order valence-corrected chi connectivity index (χ1v) is 11.2. The molecule has 1 amide bonds. The van der Waals surface area contributed by atoms with Gasteiger partial charge >= 0.3 is 0 Å². The molecule has 1 aliphatic rings. The number of hydrogen-bond donors (Lipinski definition) is 3. The van der Waals surface area contributed by atoms with Crippen LogP contribution in [0, 0.1) is 13.8 Å². The quantitative estimate of drug-likeness (QED) is 0.400. The first kappa shape index (κ1) is 23.0. The van der Waals surface area contributed by atoms with E-state index >= 15 is 0 Å². The SMILES string of the molecule is CC/C=C(/CC(=O)N1CCC[C@H]1CNCc1ccc(-c2c(C)n[nH]c2C)cc1)ONC. The maximum Gasteiger partial charge on any atom is 0.230 e. The Hall–Kier alpha value is -2.64. The van der Waals surface area contributed by atoms with Crippen LogP contribution in [-0.4, -0.2) is 47.2 Å². The molecule has 1 atom stereocenters. The zero-order valence-electron chi connectivity index (χ0n) is 19.1. The summed E-state index contributed by atoms with van der Waals surface area (Å²) in [5, 5.41) is 10.9. The Bertz CT molecular complexity index is 868. The molecule has 2 aromatic rings. The summed E-state index contributed by atoms with van der Waals surface area (Å²) >= 11 is 0. The minimum atomic E-state index is 0.134. The van der Waals surface area contributed by atoms with Crippen molar-refractivity contribution in [3.05, 3.63) is 53.1 Å². The van der Waals surface area contributed by atoms with E-state index in [4.69, 9.17) is 4.84 Å². The lowest BCUT2D eigenvalue weighted by molar-refractivity contribution is -0.132. The van der Waals surface area contributed by atoms with Crippen LogP contribution in [0.25, 0.3) is 11.1 Å². The van der Waals surface area contributed by atoms with Gasteiger partial charge in [0.05, 0.1) is 12.1 Å². The Kier molecular flexibility index (Phi) is 8.26. The number of aromatic amines is 1. The van der Waals surface area contributed by atoms with E-state index in [1.807, 2.05) is 31.7 Å². The van der Waals surface area contributed by atoms with Gasteiger partial charge in [0.2, 0.25) is 5.91 Å². The highest BCUT2D eigenvalue weighted by Crippen LogP contribution is 2.25. The summed E-state index contributed by atoms with van der Waals surface area (Å²) in [5.74, 6) is 0.825. The summed E-state index contributed by atoms with van der Waals surface area (Å²) in [7, 11) is 1.71. The summed E-state index contributed by atoms with van der Waals surface area (Å²) in [5.41, 5.74) is 8.37. The molecule has 0 bridgehead atoms. The Labute approximate surface area is 185 Å². The molecule has 7 heteroatoms. The molecule has 2 heterocycles. The number of aryl methyl sites for hydroxylation is 2. The zero-order chi connectivity index (χ0) is 22.2. The number of benzene rings is 1. The molecule has 0 saturated carbocycles. The van der Waals surface area contributed by atoms with E-state index in [1.165, 1.54) is 16.7 Å². The molecule has 1 fully saturated rings. The highest BCUT2D eigenvalue weighted by Gasteiger charge is 2.28. The molecule has 3 N–H and O–H groups in total. The number of carbonyl (C=O) groups excluding carboxylic acids is 1. The summed E-state index contributed by atoms with van der Waals surface area (Å²) in [4.78, 5) is 20.2. The maximum atomic E-state index is 12.8. The van der Waals surface area contributed by atoms with Crippen molar-refractivity contribution in [3.8, 4) is 11.1 Å². The lowest BCUT2D eigenvalue weighted by Crippen LogP contribution is -2.41. The number of rotatable bonds is 10. The smallest absolute Gasteiger partial charge is 0.230 e. The molecule has 0 spiro atoms. The van der Waals surface area contributed by atoms with E-state index in [2.05, 4.69) is 45.3 Å². The largest absolute Gasteiger partial charge is 0.413 e. The van der Waals surface area contributed by atoms with E-state index in [-0.39, 0.29) is 11.9 Å². The van der Waals surface area contributed by atoms with Crippen LogP contribution in [0.5, 0.6) is 0 Å². The monoisotopic (exact) mass is 425 g/mol. The highest BCUT2D eigenvalue weighted by molar-refractivity contribution is 5.79. The van der Waals surface area contributed by atoms with Crippen molar-refractivity contribution in [2.24, 2.45) is 0 Å². The number of nitrogens with one attached hydrogen (secondary N) is 3. The molecule has 0 radical (unpaired) electrons. The van der Waals surface area contributed by atoms with Crippen LogP contribution in [-0.2, 0) is 16.2 Å². The average molecular weight is 426 g/mol. The van der Waals surface area contributed by atoms with E-state index in [0.29, 0.717) is 12.2 Å². The van der Waals surface area contributed by atoms with Crippen molar-refractivity contribution in [1.29, 1.82) is 0 Å². The molecule has 1 aliphatic heterocycles. The van der Waals surface area contributed by atoms with Crippen LogP contribution < -0.4 is 10.8 Å². The van der Waals surface area contributed by atoms with Crippen molar-refractivity contribution in [3.63, 3.8) is 0 Å². The molecule has 1 aromatic heterocycles. The Morgan fingerprint density at radius 2 is 2.10 bits per heavy atom. The molecule has 168 valence electrons. The van der Waals surface area contributed by atoms with Gasteiger partial charge in [0.15, 0.2) is 0 Å². The number of aromatic nitrogens is 2. The van der Waals surface area contributed by atoms with Crippen molar-refractivity contribution >= 4 is 5.91 Å². The third-order valence-corrected chi connectivity index (χ3v) is 5.77. The van der Waals surface area contributed by atoms with Gasteiger partial charge in [0.25, 0.3) is 0 Å². The lowest BCUT2D eigenvalue weighted by atomic mass is 10.0. The van der Waals surface area contributed by atoms with Gasteiger partial charge in [0, 0.05) is 44.0 Å². The summed E-state index contributed by atoms with van der Waals surface area (Å²) in [6.45, 7) is 8.51. The second kappa shape index (κ2) is 11.1. The number of likely N-dealkylation sites (tertiary alicyclic amines) is 1. The van der Waals surface area contributed by atoms with Crippen LogP contribution in [0.15, 0.2) is 36.1 Å². The number of hydrogen-bond acceptors (Lipinski definition) is 5. The topological polar surface area (TPSA) is 82.3 Å². The van der Waals surface area contributed by atoms with Crippen molar-refractivity contribution < 1.29 is 9.63 Å². The zero-order valence-corrected chi connectivity index (χ0v) is 19.1. The molecule has 0 unspecified atom stereocenters. The van der Waals surface area contributed by atoms with Crippen LogP contribution in [0.2, 0.25) is 0 Å².